The van der Waals surface area contributed by atoms with Gasteiger partial charge >= 0.3 is 0 Å². The quantitative estimate of drug-likeness (QED) is 0.604. The molecule has 0 saturated heterocycles. The van der Waals surface area contributed by atoms with E-state index >= 15 is 0 Å². The van der Waals surface area contributed by atoms with E-state index in [9.17, 15) is 0 Å². The van der Waals surface area contributed by atoms with Crippen molar-refractivity contribution in [3.05, 3.63) is 24.3 Å². The summed E-state index contributed by atoms with van der Waals surface area (Å²) in [7, 11) is 0. The normalized spacial score (nSPS) is 18.3. The summed E-state index contributed by atoms with van der Waals surface area (Å²) in [6.07, 6.45) is 12.3. The topological polar surface area (TPSA) is 26.0 Å². The first kappa shape index (κ1) is 12.5. The Kier molecular flexibility index (Phi) is 5.70. The first-order valence-corrected chi connectivity index (χ1v) is 6.33. The number of hydrogen-bond acceptors (Lipinski definition) is 1. The van der Waals surface area contributed by atoms with Gasteiger partial charge in [0.25, 0.3) is 0 Å². The fraction of sp³-hybridized carbons (Fsp3) is 0.714. The van der Waals surface area contributed by atoms with Gasteiger partial charge in [0.2, 0.25) is 0 Å². The van der Waals surface area contributed by atoms with E-state index in [1.54, 1.807) is 0 Å². The maximum absolute atomic E-state index is 5.46. The van der Waals surface area contributed by atoms with Gasteiger partial charge in [-0.05, 0) is 31.1 Å². The molecule has 0 aromatic rings. The average molecular weight is 207 g/mol. The predicted octanol–water partition coefficient (Wildman–Crippen LogP) is 3.66. The first-order valence-electron chi connectivity index (χ1n) is 6.33. The van der Waals surface area contributed by atoms with Crippen LogP contribution in [0.2, 0.25) is 0 Å². The lowest BCUT2D eigenvalue weighted by Gasteiger charge is -2.16. The SMILES string of the molecule is C=C(/C=C\CN)C(CCC)CCC1CC1. The van der Waals surface area contributed by atoms with E-state index in [4.69, 9.17) is 5.73 Å². The Labute approximate surface area is 94.4 Å². The third-order valence-electron chi connectivity index (χ3n) is 3.25. The number of hydrogen-bond donors (Lipinski definition) is 1. The second-order valence-electron chi connectivity index (χ2n) is 4.72. The Morgan fingerprint density at radius 3 is 2.73 bits per heavy atom. The summed E-state index contributed by atoms with van der Waals surface area (Å²) in [4.78, 5) is 0. The Balaban J connectivity index is 2.32. The van der Waals surface area contributed by atoms with Crippen molar-refractivity contribution < 1.29 is 0 Å². The molecular weight excluding hydrogens is 182 g/mol. The minimum absolute atomic E-state index is 0.625. The summed E-state index contributed by atoms with van der Waals surface area (Å²) in [6, 6.07) is 0. The van der Waals surface area contributed by atoms with E-state index < -0.39 is 0 Å². The molecule has 0 aromatic carbocycles. The number of nitrogens with two attached hydrogens (primary N) is 1. The zero-order chi connectivity index (χ0) is 11.1. The third kappa shape index (κ3) is 5.17. The molecule has 1 unspecified atom stereocenters. The highest BCUT2D eigenvalue weighted by atomic mass is 14.5. The van der Waals surface area contributed by atoms with Crippen LogP contribution in [-0.4, -0.2) is 6.54 Å². The fourth-order valence-electron chi connectivity index (χ4n) is 2.06. The summed E-state index contributed by atoms with van der Waals surface area (Å²) in [5.74, 6) is 1.73. The van der Waals surface area contributed by atoms with Crippen LogP contribution in [0.25, 0.3) is 0 Å². The highest BCUT2D eigenvalue weighted by molar-refractivity contribution is 5.18. The Hall–Kier alpha value is -0.560. The van der Waals surface area contributed by atoms with Gasteiger partial charge in [-0.3, -0.25) is 0 Å². The van der Waals surface area contributed by atoms with E-state index in [0.29, 0.717) is 12.5 Å². The molecule has 0 aliphatic heterocycles. The molecule has 1 fully saturated rings. The molecule has 0 radical (unpaired) electrons. The van der Waals surface area contributed by atoms with Gasteiger partial charge in [0.1, 0.15) is 0 Å². The van der Waals surface area contributed by atoms with Crippen LogP contribution in [0.5, 0.6) is 0 Å². The minimum Gasteiger partial charge on any atom is -0.327 e. The van der Waals surface area contributed by atoms with Crippen molar-refractivity contribution in [2.24, 2.45) is 17.6 Å². The van der Waals surface area contributed by atoms with E-state index in [1.165, 1.54) is 44.1 Å². The van der Waals surface area contributed by atoms with E-state index in [2.05, 4.69) is 19.6 Å². The third-order valence-corrected chi connectivity index (χ3v) is 3.25. The smallest absolute Gasteiger partial charge is 0.0110 e. The van der Waals surface area contributed by atoms with Gasteiger partial charge in [-0.15, -0.1) is 0 Å². The van der Waals surface area contributed by atoms with Crippen molar-refractivity contribution >= 4 is 0 Å². The van der Waals surface area contributed by atoms with Gasteiger partial charge in [-0.1, -0.05) is 50.5 Å². The summed E-state index contributed by atoms with van der Waals surface area (Å²) >= 11 is 0. The monoisotopic (exact) mass is 207 g/mol. The maximum Gasteiger partial charge on any atom is 0.0110 e. The fourth-order valence-corrected chi connectivity index (χ4v) is 2.06. The van der Waals surface area contributed by atoms with Gasteiger partial charge in [0.05, 0.1) is 0 Å². The van der Waals surface area contributed by atoms with Crippen molar-refractivity contribution in [1.29, 1.82) is 0 Å². The lowest BCUT2D eigenvalue weighted by Crippen LogP contribution is -2.03. The largest absolute Gasteiger partial charge is 0.327 e. The van der Waals surface area contributed by atoms with Gasteiger partial charge in [-0.25, -0.2) is 0 Å². The predicted molar refractivity (Wildman–Crippen MR) is 67.7 cm³/mol. The van der Waals surface area contributed by atoms with Gasteiger partial charge in [0, 0.05) is 6.54 Å². The van der Waals surface area contributed by atoms with E-state index in [1.807, 2.05) is 6.08 Å². The molecule has 15 heavy (non-hydrogen) atoms. The Morgan fingerprint density at radius 2 is 2.20 bits per heavy atom. The molecule has 1 aliphatic rings. The molecule has 1 atom stereocenters. The standard InChI is InChI=1S/C14H25N/c1-3-5-14(10-9-13-7-8-13)12(2)6-4-11-15/h4,6,13-14H,2-3,5,7-11,15H2,1H3/b6-4-. The molecule has 2 N–H and O–H groups in total. The molecule has 0 heterocycles. The van der Waals surface area contributed by atoms with Gasteiger partial charge in [0.15, 0.2) is 0 Å². The summed E-state index contributed by atoms with van der Waals surface area (Å²) in [5, 5.41) is 0. The molecule has 0 amide bonds. The number of rotatable bonds is 8. The second-order valence-corrected chi connectivity index (χ2v) is 4.72. The van der Waals surface area contributed by atoms with Crippen LogP contribution in [0.15, 0.2) is 24.3 Å². The molecular formula is C14H25N. The molecule has 1 aliphatic carbocycles. The first-order chi connectivity index (χ1) is 7.27. The molecule has 1 nitrogen and oxygen atoms in total. The zero-order valence-electron chi connectivity index (χ0n) is 10.0. The summed E-state index contributed by atoms with van der Waals surface area (Å²) in [6.45, 7) is 7.05. The van der Waals surface area contributed by atoms with Crippen LogP contribution in [0.1, 0.15) is 45.4 Å². The van der Waals surface area contributed by atoms with E-state index in [0.717, 1.165) is 5.92 Å². The summed E-state index contributed by atoms with van der Waals surface area (Å²) < 4.78 is 0. The van der Waals surface area contributed by atoms with Crippen molar-refractivity contribution in [3.8, 4) is 0 Å². The van der Waals surface area contributed by atoms with Crippen LogP contribution < -0.4 is 5.73 Å². The van der Waals surface area contributed by atoms with Crippen LogP contribution in [0.3, 0.4) is 0 Å². The number of allylic oxidation sites excluding steroid dienone is 2. The molecule has 86 valence electrons. The maximum atomic E-state index is 5.46. The lowest BCUT2D eigenvalue weighted by atomic mass is 9.89. The van der Waals surface area contributed by atoms with Crippen LogP contribution >= 0.6 is 0 Å². The molecule has 0 spiro atoms. The van der Waals surface area contributed by atoms with Crippen molar-refractivity contribution in [2.45, 2.75) is 45.4 Å². The van der Waals surface area contributed by atoms with Gasteiger partial charge in [-0.2, -0.15) is 0 Å². The Bertz CT molecular complexity index is 213. The van der Waals surface area contributed by atoms with Crippen molar-refractivity contribution in [1.82, 2.24) is 0 Å². The van der Waals surface area contributed by atoms with Crippen molar-refractivity contribution in [2.75, 3.05) is 6.54 Å². The van der Waals surface area contributed by atoms with Crippen LogP contribution in [0.4, 0.5) is 0 Å². The van der Waals surface area contributed by atoms with Crippen molar-refractivity contribution in [3.63, 3.8) is 0 Å². The average Bonchev–Trinajstić information content (AvgIpc) is 3.04. The van der Waals surface area contributed by atoms with Crippen LogP contribution in [0, 0.1) is 11.8 Å². The van der Waals surface area contributed by atoms with Crippen LogP contribution in [-0.2, 0) is 0 Å². The molecule has 0 aromatic heterocycles. The highest BCUT2D eigenvalue weighted by Gasteiger charge is 2.22. The molecule has 0 bridgehead atoms. The second kappa shape index (κ2) is 6.84. The summed E-state index contributed by atoms with van der Waals surface area (Å²) in [5.41, 5.74) is 6.74. The lowest BCUT2D eigenvalue weighted by molar-refractivity contribution is 0.483. The Morgan fingerprint density at radius 1 is 1.47 bits per heavy atom. The van der Waals surface area contributed by atoms with E-state index in [-0.39, 0.29) is 0 Å². The molecule has 1 heteroatoms. The van der Waals surface area contributed by atoms with Gasteiger partial charge < -0.3 is 5.73 Å². The highest BCUT2D eigenvalue weighted by Crippen LogP contribution is 2.36. The molecule has 1 rings (SSSR count). The minimum atomic E-state index is 0.625. The molecule has 1 saturated carbocycles. The zero-order valence-corrected chi connectivity index (χ0v) is 10.0.